The second-order valence-electron chi connectivity index (χ2n) is 18.7. The number of furan rings is 1. The fraction of sp³-hybridized carbons (Fsp3) is 0. The van der Waals surface area contributed by atoms with Crippen molar-refractivity contribution in [2.75, 3.05) is 4.90 Å². The summed E-state index contributed by atoms with van der Waals surface area (Å²) in [6.07, 6.45) is 0. The van der Waals surface area contributed by atoms with Gasteiger partial charge in [-0.3, -0.25) is 0 Å². The van der Waals surface area contributed by atoms with Crippen molar-refractivity contribution in [1.82, 2.24) is 0 Å². The molecule has 0 unspecified atom stereocenters. The van der Waals surface area contributed by atoms with E-state index < -0.39 is 16.1 Å². The fourth-order valence-corrected chi connectivity index (χ4v) is 22.7. The van der Waals surface area contributed by atoms with Crippen LogP contribution in [0.25, 0.3) is 55.3 Å². The van der Waals surface area contributed by atoms with Gasteiger partial charge >= 0.3 is 0 Å². The molecule has 3 heterocycles. The van der Waals surface area contributed by atoms with Crippen molar-refractivity contribution >= 4 is 96.6 Å². The summed E-state index contributed by atoms with van der Waals surface area (Å²) in [6.45, 7) is 0. The van der Waals surface area contributed by atoms with Crippen LogP contribution in [0.5, 0.6) is 0 Å². The first-order valence-electron chi connectivity index (χ1n) is 24.2. The molecule has 4 heteroatoms. The van der Waals surface area contributed by atoms with E-state index in [0.29, 0.717) is 0 Å². The molecule has 2 nitrogen and oxygen atoms in total. The van der Waals surface area contributed by atoms with Crippen molar-refractivity contribution in [2.24, 2.45) is 0 Å². The largest absolute Gasteiger partial charge is 0.456 e. The van der Waals surface area contributed by atoms with E-state index in [0.717, 1.165) is 39.0 Å². The molecule has 11 aromatic carbocycles. The van der Waals surface area contributed by atoms with Crippen LogP contribution in [0.3, 0.4) is 0 Å². The molecule has 0 radical (unpaired) electrons. The standard InChI is InChI=1S/C66H45NOSi2/c1-4-20-51(21-5-1)69(52-22-6-2-7-23-52)63-32-15-13-30-59(63)60-41-37-47(43-66(60)69)46-35-38-48(39-36-46)67(50-40-42-56-55-27-10-14-31-61(55)68-62(56)45-50)49-19-18-26-54(44-49)70(53-24-8-3-9-25-53)64-33-16-11-28-57(64)58-29-12-17-34-65(58)70/h1-45H. The van der Waals surface area contributed by atoms with Crippen molar-refractivity contribution in [1.29, 1.82) is 0 Å². The van der Waals surface area contributed by atoms with Gasteiger partial charge < -0.3 is 9.32 Å². The van der Waals surface area contributed by atoms with Crippen LogP contribution in [0, 0.1) is 0 Å². The average Bonchev–Trinajstić information content (AvgIpc) is 4.07. The summed E-state index contributed by atoms with van der Waals surface area (Å²) in [4.78, 5) is 2.42. The van der Waals surface area contributed by atoms with Crippen LogP contribution in [0.1, 0.15) is 0 Å². The number of para-hydroxylation sites is 1. The topological polar surface area (TPSA) is 16.4 Å². The van der Waals surface area contributed by atoms with Gasteiger partial charge in [0.25, 0.3) is 0 Å². The smallest absolute Gasteiger partial charge is 0.180 e. The Kier molecular flexibility index (Phi) is 9.28. The lowest BCUT2D eigenvalue weighted by molar-refractivity contribution is 0.669. The zero-order valence-electron chi connectivity index (χ0n) is 38.3. The number of rotatable bonds is 8. The maximum absolute atomic E-state index is 6.57. The molecule has 0 N–H and O–H groups in total. The first-order valence-corrected chi connectivity index (χ1v) is 28.2. The Balaban J connectivity index is 0.942. The Labute approximate surface area is 410 Å². The molecule has 328 valence electrons. The Morgan fingerprint density at radius 3 is 1.30 bits per heavy atom. The summed E-state index contributed by atoms with van der Waals surface area (Å²) in [6, 6.07) is 102. The molecule has 0 aliphatic carbocycles. The van der Waals surface area contributed by atoms with Gasteiger partial charge in [0.15, 0.2) is 16.1 Å². The Morgan fingerprint density at radius 2 is 0.700 bits per heavy atom. The minimum Gasteiger partial charge on any atom is -0.456 e. The molecule has 70 heavy (non-hydrogen) atoms. The van der Waals surface area contributed by atoms with Gasteiger partial charge in [-0.2, -0.15) is 0 Å². The Morgan fingerprint density at radius 1 is 0.257 bits per heavy atom. The molecular formula is C66H45NOSi2. The molecular weight excluding hydrogens is 879 g/mol. The van der Waals surface area contributed by atoms with E-state index in [-0.39, 0.29) is 0 Å². The summed E-state index contributed by atoms with van der Waals surface area (Å²) in [5, 5.41) is 13.5. The zero-order valence-corrected chi connectivity index (χ0v) is 40.3. The molecule has 0 atom stereocenters. The second-order valence-corrected chi connectivity index (χ2v) is 26.2. The second kappa shape index (κ2) is 16.0. The summed E-state index contributed by atoms with van der Waals surface area (Å²) >= 11 is 0. The zero-order chi connectivity index (χ0) is 46.2. The van der Waals surface area contributed by atoms with Crippen LogP contribution < -0.4 is 46.4 Å². The van der Waals surface area contributed by atoms with Crippen LogP contribution in [0.2, 0.25) is 0 Å². The minimum atomic E-state index is -2.76. The highest BCUT2D eigenvalue weighted by Gasteiger charge is 2.50. The molecule has 0 bridgehead atoms. The molecule has 0 spiro atoms. The first kappa shape index (κ1) is 40.5. The molecule has 0 amide bonds. The predicted octanol–water partition coefficient (Wildman–Crippen LogP) is 11.4. The fourth-order valence-electron chi connectivity index (χ4n) is 12.3. The minimum absolute atomic E-state index is 0.869. The highest BCUT2D eigenvalue weighted by atomic mass is 28.3. The SMILES string of the molecule is c1ccc([Si]2(c3cccc(N(c4ccc(-c5ccc6c(c5)[Si](c5ccccc5)(c5ccccc5)c5ccccc5-6)cc4)c4ccc5c(c4)oc4ccccc45)c3)c3ccccc3-c3ccccc32)cc1. The van der Waals surface area contributed by atoms with E-state index in [4.69, 9.17) is 4.42 Å². The molecule has 12 aromatic rings. The lowest BCUT2D eigenvalue weighted by Crippen LogP contribution is -2.72. The van der Waals surface area contributed by atoms with Gasteiger partial charge in [0.1, 0.15) is 11.2 Å². The summed E-state index contributed by atoms with van der Waals surface area (Å²) < 4.78 is 6.57. The highest BCUT2D eigenvalue weighted by molar-refractivity contribution is 7.23. The maximum atomic E-state index is 6.57. The van der Waals surface area contributed by atoms with Crippen LogP contribution in [-0.2, 0) is 0 Å². The maximum Gasteiger partial charge on any atom is 0.180 e. The van der Waals surface area contributed by atoms with Crippen molar-refractivity contribution in [3.63, 3.8) is 0 Å². The van der Waals surface area contributed by atoms with Gasteiger partial charge in [-0.25, -0.2) is 0 Å². The molecule has 0 fully saturated rings. The Hall–Kier alpha value is -8.55. The third-order valence-electron chi connectivity index (χ3n) is 15.2. The van der Waals surface area contributed by atoms with Gasteiger partial charge in [0.05, 0.1) is 0 Å². The Bertz CT molecular complexity index is 3870. The van der Waals surface area contributed by atoms with Gasteiger partial charge in [-0.1, -0.05) is 224 Å². The third kappa shape index (κ3) is 5.91. The van der Waals surface area contributed by atoms with Crippen LogP contribution >= 0.6 is 0 Å². The van der Waals surface area contributed by atoms with Crippen molar-refractivity contribution in [2.45, 2.75) is 0 Å². The number of nitrogens with zero attached hydrogens (tertiary/aromatic N) is 1. The lowest BCUT2D eigenvalue weighted by Gasteiger charge is -2.33. The quantitative estimate of drug-likeness (QED) is 0.141. The van der Waals surface area contributed by atoms with E-state index in [2.05, 4.69) is 272 Å². The van der Waals surface area contributed by atoms with Gasteiger partial charge in [-0.15, -0.1) is 0 Å². The van der Waals surface area contributed by atoms with Crippen molar-refractivity contribution in [3.8, 4) is 33.4 Å². The first-order chi connectivity index (χ1) is 34.7. The molecule has 2 aliphatic rings. The molecule has 0 saturated carbocycles. The highest BCUT2D eigenvalue weighted by Crippen LogP contribution is 2.40. The summed E-state index contributed by atoms with van der Waals surface area (Å²) in [7, 11) is -5.41. The van der Waals surface area contributed by atoms with Crippen LogP contribution in [0.4, 0.5) is 17.1 Å². The van der Waals surface area contributed by atoms with E-state index >= 15 is 0 Å². The lowest BCUT2D eigenvalue weighted by atomic mass is 10.00. The van der Waals surface area contributed by atoms with Crippen LogP contribution in [0.15, 0.2) is 277 Å². The number of benzene rings is 11. The number of hydrogen-bond donors (Lipinski definition) is 0. The van der Waals surface area contributed by atoms with Gasteiger partial charge in [-0.05, 0) is 117 Å². The van der Waals surface area contributed by atoms with E-state index in [1.807, 2.05) is 6.07 Å². The predicted molar refractivity (Wildman–Crippen MR) is 299 cm³/mol. The average molecular weight is 924 g/mol. The van der Waals surface area contributed by atoms with Gasteiger partial charge in [0, 0.05) is 33.9 Å². The van der Waals surface area contributed by atoms with E-state index in [1.165, 1.54) is 74.9 Å². The molecule has 2 aliphatic heterocycles. The molecule has 14 rings (SSSR count). The number of fused-ring (bicyclic) bond motifs is 9. The number of anilines is 3. The molecule has 0 saturated heterocycles. The monoisotopic (exact) mass is 923 g/mol. The van der Waals surface area contributed by atoms with Crippen molar-refractivity contribution < 1.29 is 4.42 Å². The van der Waals surface area contributed by atoms with Gasteiger partial charge in [0.2, 0.25) is 0 Å². The summed E-state index contributed by atoms with van der Waals surface area (Å²) in [5.41, 5.74) is 12.7. The van der Waals surface area contributed by atoms with Crippen molar-refractivity contribution in [3.05, 3.63) is 273 Å². The third-order valence-corrected chi connectivity index (χ3v) is 25.0. The normalized spacial score (nSPS) is 13.7. The summed E-state index contributed by atoms with van der Waals surface area (Å²) in [5.74, 6) is 0. The number of hydrogen-bond acceptors (Lipinski definition) is 2. The van der Waals surface area contributed by atoms with E-state index in [1.54, 1.807) is 0 Å². The van der Waals surface area contributed by atoms with E-state index in [9.17, 15) is 0 Å². The van der Waals surface area contributed by atoms with Crippen LogP contribution in [-0.4, -0.2) is 16.1 Å². The molecule has 1 aromatic heterocycles.